The molecule has 0 fully saturated rings. The van der Waals surface area contributed by atoms with Crippen molar-refractivity contribution in [2.75, 3.05) is 0 Å². The summed E-state index contributed by atoms with van der Waals surface area (Å²) in [6.07, 6.45) is 0. The fourth-order valence-electron chi connectivity index (χ4n) is 3.72. The first-order valence-electron chi connectivity index (χ1n) is 8.51. The number of benzene rings is 4. The van der Waals surface area contributed by atoms with E-state index in [1.54, 1.807) is 24.3 Å². The lowest BCUT2D eigenvalue weighted by atomic mass is 9.88. The van der Waals surface area contributed by atoms with E-state index >= 15 is 0 Å². The summed E-state index contributed by atoms with van der Waals surface area (Å²) in [6.45, 7) is 0.404. The van der Waals surface area contributed by atoms with Crippen LogP contribution in [0.1, 0.15) is 5.56 Å². The van der Waals surface area contributed by atoms with Crippen LogP contribution in [0.4, 0.5) is 0 Å². The van der Waals surface area contributed by atoms with Gasteiger partial charge in [0.25, 0.3) is 0 Å². The Morgan fingerprint density at radius 3 is 2.35 bits per heavy atom. The third kappa shape index (κ3) is 2.21. The highest BCUT2D eigenvalue weighted by Crippen LogP contribution is 2.48. The number of hydrogen-bond acceptors (Lipinski definition) is 3. The molecule has 4 aromatic carbocycles. The molecular formula is C23H16O3. The normalized spacial score (nSPS) is 12.3. The van der Waals surface area contributed by atoms with Crippen molar-refractivity contribution in [2.45, 2.75) is 6.61 Å². The van der Waals surface area contributed by atoms with Gasteiger partial charge in [0.15, 0.2) is 0 Å². The maximum Gasteiger partial charge on any atom is 0.136 e. The minimum Gasteiger partial charge on any atom is -0.508 e. The van der Waals surface area contributed by atoms with Gasteiger partial charge in [0.05, 0.1) is 0 Å². The summed E-state index contributed by atoms with van der Waals surface area (Å²) in [5, 5.41) is 21.8. The fraction of sp³-hybridized carbons (Fsp3) is 0.0435. The van der Waals surface area contributed by atoms with Gasteiger partial charge in [-0.15, -0.1) is 0 Å². The van der Waals surface area contributed by atoms with Gasteiger partial charge in [0.1, 0.15) is 23.9 Å². The van der Waals surface area contributed by atoms with Crippen molar-refractivity contribution in [1.82, 2.24) is 0 Å². The second-order valence-corrected chi connectivity index (χ2v) is 6.53. The van der Waals surface area contributed by atoms with Crippen molar-refractivity contribution in [3.8, 4) is 39.5 Å². The average Bonchev–Trinajstić information content (AvgIpc) is 2.66. The highest BCUT2D eigenvalue weighted by Gasteiger charge is 2.23. The summed E-state index contributed by atoms with van der Waals surface area (Å²) in [5.74, 6) is 1.29. The van der Waals surface area contributed by atoms with Crippen LogP contribution in [0.2, 0.25) is 0 Å². The minimum atomic E-state index is 0.232. The Morgan fingerprint density at radius 2 is 1.50 bits per heavy atom. The first kappa shape index (κ1) is 14.8. The van der Waals surface area contributed by atoms with Crippen molar-refractivity contribution in [3.63, 3.8) is 0 Å². The molecule has 0 bridgehead atoms. The van der Waals surface area contributed by atoms with Crippen LogP contribution in [-0.4, -0.2) is 10.2 Å². The monoisotopic (exact) mass is 340 g/mol. The standard InChI is InChI=1S/C23H16O3/c24-17-8-9-19-16(10-17)13-26-23-21(19)11-15-6-7-18(25)12-20(15)22(23)14-4-2-1-3-5-14/h1-12,24-25H,13H2. The maximum absolute atomic E-state index is 10.0. The molecule has 0 spiro atoms. The van der Waals surface area contributed by atoms with E-state index < -0.39 is 0 Å². The summed E-state index contributed by atoms with van der Waals surface area (Å²) < 4.78 is 6.15. The number of fused-ring (bicyclic) bond motifs is 4. The van der Waals surface area contributed by atoms with Crippen LogP contribution in [0.3, 0.4) is 0 Å². The van der Waals surface area contributed by atoms with Gasteiger partial charge in [-0.1, -0.05) is 42.5 Å². The van der Waals surface area contributed by atoms with Gasteiger partial charge in [0.2, 0.25) is 0 Å². The van der Waals surface area contributed by atoms with Crippen LogP contribution < -0.4 is 4.74 Å². The molecule has 0 saturated carbocycles. The highest BCUT2D eigenvalue weighted by molar-refractivity contribution is 6.05. The molecule has 0 amide bonds. The first-order valence-corrected chi connectivity index (χ1v) is 8.51. The molecule has 2 N–H and O–H groups in total. The minimum absolute atomic E-state index is 0.232. The summed E-state index contributed by atoms with van der Waals surface area (Å²) in [6, 6.07) is 23.0. The van der Waals surface area contributed by atoms with E-state index in [1.165, 1.54) is 0 Å². The quantitative estimate of drug-likeness (QED) is 0.482. The van der Waals surface area contributed by atoms with Crippen LogP contribution >= 0.6 is 0 Å². The van der Waals surface area contributed by atoms with Crippen LogP contribution in [-0.2, 0) is 6.61 Å². The Balaban J connectivity index is 1.90. The number of phenolic OH excluding ortho intramolecular Hbond substituents is 2. The number of rotatable bonds is 1. The Labute approximate surface area is 150 Å². The van der Waals surface area contributed by atoms with E-state index in [0.29, 0.717) is 6.61 Å². The molecule has 0 aliphatic carbocycles. The summed E-state index contributed by atoms with van der Waals surface area (Å²) in [4.78, 5) is 0. The number of ether oxygens (including phenoxy) is 1. The van der Waals surface area contributed by atoms with E-state index in [4.69, 9.17) is 4.74 Å². The molecule has 1 aliphatic rings. The van der Waals surface area contributed by atoms with E-state index in [0.717, 1.165) is 44.3 Å². The number of aromatic hydroxyl groups is 2. The SMILES string of the molecule is Oc1ccc2c(c1)COc1c-2cc2ccc(O)cc2c1-c1ccccc1. The van der Waals surface area contributed by atoms with Crippen molar-refractivity contribution >= 4 is 10.8 Å². The third-order valence-electron chi connectivity index (χ3n) is 4.89. The molecule has 126 valence electrons. The molecular weight excluding hydrogens is 324 g/mol. The van der Waals surface area contributed by atoms with Crippen molar-refractivity contribution in [2.24, 2.45) is 0 Å². The molecule has 0 saturated heterocycles. The molecule has 0 aromatic heterocycles. The third-order valence-corrected chi connectivity index (χ3v) is 4.89. The molecule has 1 heterocycles. The van der Waals surface area contributed by atoms with Crippen LogP contribution in [0.5, 0.6) is 17.2 Å². The number of phenols is 2. The second-order valence-electron chi connectivity index (χ2n) is 6.53. The smallest absolute Gasteiger partial charge is 0.136 e. The zero-order valence-electron chi connectivity index (χ0n) is 13.9. The zero-order chi connectivity index (χ0) is 17.7. The lowest BCUT2D eigenvalue weighted by Crippen LogP contribution is -2.07. The largest absolute Gasteiger partial charge is 0.508 e. The molecule has 3 nitrogen and oxygen atoms in total. The van der Waals surface area contributed by atoms with Gasteiger partial charge in [-0.3, -0.25) is 0 Å². The summed E-state index contributed by atoms with van der Waals surface area (Å²) >= 11 is 0. The van der Waals surface area contributed by atoms with Gasteiger partial charge in [-0.25, -0.2) is 0 Å². The fourth-order valence-corrected chi connectivity index (χ4v) is 3.72. The molecule has 3 heteroatoms. The van der Waals surface area contributed by atoms with Crippen molar-refractivity contribution in [1.29, 1.82) is 0 Å². The second kappa shape index (κ2) is 5.53. The highest BCUT2D eigenvalue weighted by atomic mass is 16.5. The van der Waals surface area contributed by atoms with Gasteiger partial charge in [-0.2, -0.15) is 0 Å². The van der Waals surface area contributed by atoms with E-state index in [-0.39, 0.29) is 11.5 Å². The van der Waals surface area contributed by atoms with Gasteiger partial charge < -0.3 is 14.9 Å². The van der Waals surface area contributed by atoms with Crippen LogP contribution in [0.15, 0.2) is 72.8 Å². The lowest BCUT2D eigenvalue weighted by Gasteiger charge is -2.25. The van der Waals surface area contributed by atoms with Gasteiger partial charge in [-0.05, 0) is 52.2 Å². The van der Waals surface area contributed by atoms with E-state index in [9.17, 15) is 10.2 Å². The Hall–Kier alpha value is -3.46. The Bertz CT molecular complexity index is 1150. The molecule has 5 rings (SSSR count). The molecule has 4 aromatic rings. The molecule has 26 heavy (non-hydrogen) atoms. The number of hydrogen-bond donors (Lipinski definition) is 2. The van der Waals surface area contributed by atoms with E-state index in [2.05, 4.69) is 18.2 Å². The van der Waals surface area contributed by atoms with Crippen molar-refractivity contribution < 1.29 is 14.9 Å². The van der Waals surface area contributed by atoms with Crippen molar-refractivity contribution in [3.05, 3.63) is 78.4 Å². The average molecular weight is 340 g/mol. The first-order chi connectivity index (χ1) is 12.7. The van der Waals surface area contributed by atoms with Gasteiger partial charge >= 0.3 is 0 Å². The Kier molecular flexibility index (Phi) is 3.16. The maximum atomic E-state index is 10.0. The Morgan fingerprint density at radius 1 is 0.731 bits per heavy atom. The predicted molar refractivity (Wildman–Crippen MR) is 102 cm³/mol. The van der Waals surface area contributed by atoms with E-state index in [1.807, 2.05) is 30.3 Å². The molecule has 0 unspecified atom stereocenters. The zero-order valence-corrected chi connectivity index (χ0v) is 13.9. The van der Waals surface area contributed by atoms with Crippen LogP contribution in [0.25, 0.3) is 33.0 Å². The molecule has 1 aliphatic heterocycles. The summed E-state index contributed by atoms with van der Waals surface area (Å²) in [7, 11) is 0. The molecule has 0 radical (unpaired) electrons. The van der Waals surface area contributed by atoms with Crippen LogP contribution in [0, 0.1) is 0 Å². The predicted octanol–water partition coefficient (Wildman–Crippen LogP) is 5.48. The van der Waals surface area contributed by atoms with Gasteiger partial charge in [0, 0.05) is 16.7 Å². The lowest BCUT2D eigenvalue weighted by molar-refractivity contribution is 0.303. The summed E-state index contributed by atoms with van der Waals surface area (Å²) in [5.41, 5.74) is 5.06. The topological polar surface area (TPSA) is 49.7 Å². The molecule has 0 atom stereocenters.